The van der Waals surface area contributed by atoms with E-state index in [4.69, 9.17) is 5.73 Å². The molecule has 2 aromatic heterocycles. The molecule has 0 aliphatic heterocycles. The maximum absolute atomic E-state index is 5.84. The lowest BCUT2D eigenvalue weighted by molar-refractivity contribution is 0.961. The maximum Gasteiger partial charge on any atom is 0.200 e. The standard InChI is InChI=1S/C12H12N4/c1-7-6-9-8(4-3-5-14-9)10-11(7)16(2)12(13)15-10/h3-6H,1-2H3,(H2,13,15). The van der Waals surface area contributed by atoms with Crippen LogP contribution in [0.2, 0.25) is 0 Å². The van der Waals surface area contributed by atoms with E-state index in [2.05, 4.69) is 23.0 Å². The highest BCUT2D eigenvalue weighted by atomic mass is 15.1. The van der Waals surface area contributed by atoms with E-state index in [0.717, 1.165) is 27.5 Å². The number of aromatic nitrogens is 3. The molecule has 1 aromatic carbocycles. The van der Waals surface area contributed by atoms with E-state index in [1.165, 1.54) is 0 Å². The van der Waals surface area contributed by atoms with Crippen molar-refractivity contribution in [1.29, 1.82) is 0 Å². The zero-order chi connectivity index (χ0) is 11.3. The number of hydrogen-bond donors (Lipinski definition) is 1. The number of nitrogens with two attached hydrogens (primary N) is 1. The SMILES string of the molecule is Cc1cc2ncccc2c2nc(N)n(C)c12. The Hall–Kier alpha value is -2.10. The third-order valence-electron chi connectivity index (χ3n) is 2.95. The van der Waals surface area contributed by atoms with Crippen molar-refractivity contribution in [3.63, 3.8) is 0 Å². The lowest BCUT2D eigenvalue weighted by Crippen LogP contribution is -1.97. The van der Waals surface area contributed by atoms with Gasteiger partial charge in [0.15, 0.2) is 0 Å². The summed E-state index contributed by atoms with van der Waals surface area (Å²) in [5.41, 5.74) is 9.97. The summed E-state index contributed by atoms with van der Waals surface area (Å²) < 4.78 is 1.91. The van der Waals surface area contributed by atoms with Crippen molar-refractivity contribution in [2.75, 3.05) is 5.73 Å². The van der Waals surface area contributed by atoms with Crippen molar-refractivity contribution < 1.29 is 0 Å². The number of nitrogens with zero attached hydrogens (tertiary/aromatic N) is 3. The Balaban J connectivity index is 2.65. The van der Waals surface area contributed by atoms with Crippen molar-refractivity contribution in [2.24, 2.45) is 7.05 Å². The molecule has 4 heteroatoms. The van der Waals surface area contributed by atoms with Crippen LogP contribution < -0.4 is 5.73 Å². The van der Waals surface area contributed by atoms with Crippen molar-refractivity contribution in [3.05, 3.63) is 30.0 Å². The van der Waals surface area contributed by atoms with Gasteiger partial charge in [0.25, 0.3) is 0 Å². The molecule has 3 aromatic rings. The number of hydrogen-bond acceptors (Lipinski definition) is 3. The Kier molecular flexibility index (Phi) is 1.68. The average molecular weight is 212 g/mol. The minimum absolute atomic E-state index is 0.537. The first kappa shape index (κ1) is 9.15. The summed E-state index contributed by atoms with van der Waals surface area (Å²) in [5, 5.41) is 1.05. The molecule has 0 atom stereocenters. The molecule has 0 bridgehead atoms. The smallest absolute Gasteiger partial charge is 0.200 e. The van der Waals surface area contributed by atoms with Crippen LogP contribution in [0.3, 0.4) is 0 Å². The second kappa shape index (κ2) is 2.95. The van der Waals surface area contributed by atoms with Gasteiger partial charge in [0.1, 0.15) is 5.52 Å². The summed E-state index contributed by atoms with van der Waals surface area (Å²) in [6.45, 7) is 2.05. The molecule has 0 aliphatic rings. The first-order valence-corrected chi connectivity index (χ1v) is 5.14. The molecular formula is C12H12N4. The van der Waals surface area contributed by atoms with Crippen LogP contribution in [-0.4, -0.2) is 14.5 Å². The van der Waals surface area contributed by atoms with E-state index in [1.807, 2.05) is 23.7 Å². The molecule has 4 nitrogen and oxygen atoms in total. The Bertz CT molecular complexity index is 697. The fourth-order valence-electron chi connectivity index (χ4n) is 2.16. The van der Waals surface area contributed by atoms with E-state index in [1.54, 1.807) is 6.20 Å². The number of fused-ring (bicyclic) bond motifs is 3. The zero-order valence-electron chi connectivity index (χ0n) is 9.23. The number of anilines is 1. The number of nitrogen functional groups attached to an aromatic ring is 1. The van der Waals surface area contributed by atoms with Gasteiger partial charge in [0, 0.05) is 18.6 Å². The molecule has 0 saturated heterocycles. The summed E-state index contributed by atoms with van der Waals surface area (Å²) in [5.74, 6) is 0.537. The molecule has 2 N–H and O–H groups in total. The maximum atomic E-state index is 5.84. The molecule has 0 radical (unpaired) electrons. The number of rotatable bonds is 0. The van der Waals surface area contributed by atoms with Gasteiger partial charge in [-0.15, -0.1) is 0 Å². The molecule has 0 spiro atoms. The van der Waals surface area contributed by atoms with Crippen LogP contribution in [0.1, 0.15) is 5.56 Å². The molecule has 3 rings (SSSR count). The third kappa shape index (κ3) is 1.04. The van der Waals surface area contributed by atoms with Crippen LogP contribution >= 0.6 is 0 Å². The molecule has 16 heavy (non-hydrogen) atoms. The van der Waals surface area contributed by atoms with E-state index < -0.39 is 0 Å². The lowest BCUT2D eigenvalue weighted by Gasteiger charge is -2.03. The van der Waals surface area contributed by atoms with Crippen LogP contribution in [0.5, 0.6) is 0 Å². The van der Waals surface area contributed by atoms with Gasteiger partial charge in [-0.25, -0.2) is 4.98 Å². The fourth-order valence-corrected chi connectivity index (χ4v) is 2.16. The summed E-state index contributed by atoms with van der Waals surface area (Å²) in [7, 11) is 1.93. The van der Waals surface area contributed by atoms with Crippen molar-refractivity contribution in [2.45, 2.75) is 6.92 Å². The van der Waals surface area contributed by atoms with Gasteiger partial charge in [-0.1, -0.05) is 0 Å². The Labute approximate surface area is 92.7 Å². The Morgan fingerprint density at radius 1 is 1.38 bits per heavy atom. The summed E-state index contributed by atoms with van der Waals surface area (Å²) >= 11 is 0. The van der Waals surface area contributed by atoms with Crippen LogP contribution in [0.4, 0.5) is 5.95 Å². The van der Waals surface area contributed by atoms with Crippen LogP contribution in [0.15, 0.2) is 24.4 Å². The minimum Gasteiger partial charge on any atom is -0.369 e. The fraction of sp³-hybridized carbons (Fsp3) is 0.167. The normalized spacial score (nSPS) is 11.4. The van der Waals surface area contributed by atoms with Crippen molar-refractivity contribution in [3.8, 4) is 0 Å². The van der Waals surface area contributed by atoms with Gasteiger partial charge in [0.05, 0.1) is 11.0 Å². The molecule has 0 fully saturated rings. The van der Waals surface area contributed by atoms with Crippen LogP contribution in [0, 0.1) is 6.92 Å². The van der Waals surface area contributed by atoms with Gasteiger partial charge in [-0.3, -0.25) is 4.98 Å². The summed E-state index contributed by atoms with van der Waals surface area (Å²) in [6.07, 6.45) is 1.79. The first-order valence-electron chi connectivity index (χ1n) is 5.14. The largest absolute Gasteiger partial charge is 0.369 e. The number of pyridine rings is 1. The van der Waals surface area contributed by atoms with Gasteiger partial charge in [-0.2, -0.15) is 0 Å². The average Bonchev–Trinajstić information content (AvgIpc) is 2.57. The highest BCUT2D eigenvalue weighted by molar-refractivity contribution is 6.04. The number of benzene rings is 1. The molecular weight excluding hydrogens is 200 g/mol. The van der Waals surface area contributed by atoms with Gasteiger partial charge < -0.3 is 10.3 Å². The highest BCUT2D eigenvalue weighted by Crippen LogP contribution is 2.27. The van der Waals surface area contributed by atoms with Crippen molar-refractivity contribution in [1.82, 2.24) is 14.5 Å². The van der Waals surface area contributed by atoms with Gasteiger partial charge >= 0.3 is 0 Å². The summed E-state index contributed by atoms with van der Waals surface area (Å²) in [4.78, 5) is 8.74. The predicted molar refractivity (Wildman–Crippen MR) is 65.2 cm³/mol. The van der Waals surface area contributed by atoms with E-state index in [0.29, 0.717) is 5.95 Å². The topological polar surface area (TPSA) is 56.7 Å². The first-order chi connectivity index (χ1) is 7.68. The zero-order valence-corrected chi connectivity index (χ0v) is 9.23. The monoisotopic (exact) mass is 212 g/mol. The van der Waals surface area contributed by atoms with E-state index in [-0.39, 0.29) is 0 Å². The quantitative estimate of drug-likeness (QED) is 0.620. The lowest BCUT2D eigenvalue weighted by atomic mass is 10.1. The number of aryl methyl sites for hydroxylation is 2. The minimum atomic E-state index is 0.537. The third-order valence-corrected chi connectivity index (χ3v) is 2.95. The second-order valence-electron chi connectivity index (χ2n) is 3.99. The molecule has 0 saturated carbocycles. The second-order valence-corrected chi connectivity index (χ2v) is 3.99. The molecule has 2 heterocycles. The van der Waals surface area contributed by atoms with Crippen LogP contribution in [-0.2, 0) is 7.05 Å². The Morgan fingerprint density at radius 3 is 3.00 bits per heavy atom. The number of imidazole rings is 1. The van der Waals surface area contributed by atoms with Crippen molar-refractivity contribution >= 4 is 27.9 Å². The van der Waals surface area contributed by atoms with Gasteiger partial charge in [0.2, 0.25) is 5.95 Å². The van der Waals surface area contributed by atoms with Crippen LogP contribution in [0.25, 0.3) is 21.9 Å². The Morgan fingerprint density at radius 2 is 2.19 bits per heavy atom. The molecule has 0 aliphatic carbocycles. The van der Waals surface area contributed by atoms with E-state index >= 15 is 0 Å². The highest BCUT2D eigenvalue weighted by Gasteiger charge is 2.11. The summed E-state index contributed by atoms with van der Waals surface area (Å²) in [6, 6.07) is 6.01. The predicted octanol–water partition coefficient (Wildman–Crippen LogP) is 2.01. The molecule has 0 unspecified atom stereocenters. The van der Waals surface area contributed by atoms with E-state index in [9.17, 15) is 0 Å². The molecule has 80 valence electrons. The van der Waals surface area contributed by atoms with Gasteiger partial charge in [-0.05, 0) is 30.7 Å². The molecule has 0 amide bonds.